The SMILES string of the molecule is C[C@H](C(=O)Nc1ncccn1)N1CCC(c2cccc(Cl)c2)CC1. The maximum atomic E-state index is 12.4. The Balaban J connectivity index is 1.55. The number of nitrogens with one attached hydrogen (secondary N) is 1. The first kappa shape index (κ1) is 16.9. The molecule has 1 N–H and O–H groups in total. The number of aromatic nitrogens is 2. The molecule has 0 spiro atoms. The lowest BCUT2D eigenvalue weighted by Gasteiger charge is -2.35. The topological polar surface area (TPSA) is 58.1 Å². The van der Waals surface area contributed by atoms with Gasteiger partial charge in [-0.25, -0.2) is 9.97 Å². The minimum absolute atomic E-state index is 0.0672. The van der Waals surface area contributed by atoms with Crippen LogP contribution in [0.25, 0.3) is 0 Å². The Kier molecular flexibility index (Phi) is 5.43. The van der Waals surface area contributed by atoms with Gasteiger partial charge in [-0.3, -0.25) is 15.0 Å². The molecule has 1 aliphatic heterocycles. The zero-order valence-electron chi connectivity index (χ0n) is 13.7. The van der Waals surface area contributed by atoms with Crippen molar-refractivity contribution in [3.63, 3.8) is 0 Å². The number of hydrogen-bond donors (Lipinski definition) is 1. The van der Waals surface area contributed by atoms with Crippen molar-refractivity contribution in [2.24, 2.45) is 0 Å². The fraction of sp³-hybridized carbons (Fsp3) is 0.389. The van der Waals surface area contributed by atoms with Crippen molar-refractivity contribution in [1.29, 1.82) is 0 Å². The van der Waals surface area contributed by atoms with Gasteiger partial charge >= 0.3 is 0 Å². The molecule has 1 atom stereocenters. The number of nitrogens with zero attached hydrogens (tertiary/aromatic N) is 3. The molecule has 6 heteroatoms. The second kappa shape index (κ2) is 7.73. The smallest absolute Gasteiger partial charge is 0.243 e. The number of benzene rings is 1. The van der Waals surface area contributed by atoms with Crippen LogP contribution >= 0.6 is 11.6 Å². The van der Waals surface area contributed by atoms with Crippen LogP contribution in [0.3, 0.4) is 0 Å². The molecule has 0 bridgehead atoms. The molecule has 1 fully saturated rings. The van der Waals surface area contributed by atoms with E-state index in [2.05, 4.69) is 26.3 Å². The van der Waals surface area contributed by atoms with E-state index in [1.54, 1.807) is 18.5 Å². The first-order valence-corrected chi connectivity index (χ1v) is 8.58. The average Bonchev–Trinajstić information content (AvgIpc) is 2.62. The van der Waals surface area contributed by atoms with E-state index in [0.717, 1.165) is 31.0 Å². The number of amides is 1. The summed E-state index contributed by atoms with van der Waals surface area (Å²) in [4.78, 5) is 22.6. The molecule has 126 valence electrons. The number of hydrogen-bond acceptors (Lipinski definition) is 4. The number of carbonyl (C=O) groups is 1. The molecule has 1 aromatic carbocycles. The fourth-order valence-electron chi connectivity index (χ4n) is 3.12. The summed E-state index contributed by atoms with van der Waals surface area (Å²) in [5.74, 6) is 0.790. The van der Waals surface area contributed by atoms with Gasteiger partial charge in [-0.1, -0.05) is 23.7 Å². The largest absolute Gasteiger partial charge is 0.293 e. The van der Waals surface area contributed by atoms with Gasteiger partial charge in [0.2, 0.25) is 11.9 Å². The third-order valence-corrected chi connectivity index (χ3v) is 4.81. The third-order valence-electron chi connectivity index (χ3n) is 4.58. The van der Waals surface area contributed by atoms with Crippen LogP contribution in [-0.4, -0.2) is 39.9 Å². The Morgan fingerprint density at radius 1 is 1.25 bits per heavy atom. The molecular weight excluding hydrogens is 324 g/mol. The standard InChI is InChI=1S/C18H21ClN4O/c1-13(17(24)22-18-20-8-3-9-21-18)23-10-6-14(7-11-23)15-4-2-5-16(19)12-15/h2-5,8-9,12-14H,6-7,10-11H2,1H3,(H,20,21,22,24)/t13-/m1/s1. The van der Waals surface area contributed by atoms with E-state index < -0.39 is 0 Å². The first-order valence-electron chi connectivity index (χ1n) is 8.21. The van der Waals surface area contributed by atoms with Crippen molar-refractivity contribution < 1.29 is 4.79 Å². The van der Waals surface area contributed by atoms with E-state index in [1.165, 1.54) is 5.56 Å². The van der Waals surface area contributed by atoms with Crippen LogP contribution in [0, 0.1) is 0 Å². The number of piperidine rings is 1. The van der Waals surface area contributed by atoms with Gasteiger partial charge < -0.3 is 0 Å². The van der Waals surface area contributed by atoms with Crippen LogP contribution in [0.1, 0.15) is 31.2 Å². The quantitative estimate of drug-likeness (QED) is 0.924. The fourth-order valence-corrected chi connectivity index (χ4v) is 3.32. The Morgan fingerprint density at radius 2 is 1.96 bits per heavy atom. The maximum Gasteiger partial charge on any atom is 0.243 e. The molecule has 5 nitrogen and oxygen atoms in total. The first-order chi connectivity index (χ1) is 11.6. The lowest BCUT2D eigenvalue weighted by molar-refractivity contribution is -0.121. The summed E-state index contributed by atoms with van der Waals surface area (Å²) in [5, 5.41) is 3.55. The molecule has 1 aromatic heterocycles. The predicted octanol–water partition coefficient (Wildman–Crippen LogP) is 3.34. The van der Waals surface area contributed by atoms with Crippen molar-refractivity contribution in [1.82, 2.24) is 14.9 Å². The normalized spacial score (nSPS) is 17.4. The molecule has 0 radical (unpaired) electrons. The van der Waals surface area contributed by atoms with Crippen molar-refractivity contribution in [3.05, 3.63) is 53.3 Å². The molecule has 1 amide bonds. The van der Waals surface area contributed by atoms with Crippen molar-refractivity contribution in [2.75, 3.05) is 18.4 Å². The minimum atomic E-state index is -0.200. The number of anilines is 1. The number of rotatable bonds is 4. The van der Waals surface area contributed by atoms with Crippen molar-refractivity contribution in [3.8, 4) is 0 Å². The van der Waals surface area contributed by atoms with Crippen LogP contribution < -0.4 is 5.32 Å². The Labute approximate surface area is 147 Å². The van der Waals surface area contributed by atoms with Gasteiger partial charge in [0.15, 0.2) is 0 Å². The lowest BCUT2D eigenvalue weighted by atomic mass is 9.89. The van der Waals surface area contributed by atoms with E-state index in [1.807, 2.05) is 25.1 Å². The summed E-state index contributed by atoms with van der Waals surface area (Å²) in [5.41, 5.74) is 1.29. The monoisotopic (exact) mass is 344 g/mol. The summed E-state index contributed by atoms with van der Waals surface area (Å²) < 4.78 is 0. The van der Waals surface area contributed by atoms with E-state index in [0.29, 0.717) is 11.9 Å². The second-order valence-electron chi connectivity index (χ2n) is 6.10. The zero-order chi connectivity index (χ0) is 16.9. The summed E-state index contributed by atoms with van der Waals surface area (Å²) in [6.07, 6.45) is 5.28. The average molecular weight is 345 g/mol. The molecule has 24 heavy (non-hydrogen) atoms. The van der Waals surface area contributed by atoms with Gasteiger partial charge in [0.1, 0.15) is 0 Å². The molecule has 1 aliphatic rings. The van der Waals surface area contributed by atoms with Crippen LogP contribution in [-0.2, 0) is 4.79 Å². The van der Waals surface area contributed by atoms with E-state index in [9.17, 15) is 4.79 Å². The van der Waals surface area contributed by atoms with Gasteiger partial charge in [-0.15, -0.1) is 0 Å². The Hall–Kier alpha value is -1.98. The van der Waals surface area contributed by atoms with Gasteiger partial charge in [-0.05, 0) is 62.5 Å². The van der Waals surface area contributed by atoms with Crippen LogP contribution in [0.15, 0.2) is 42.7 Å². The molecule has 2 heterocycles. The molecular formula is C18H21ClN4O. The zero-order valence-corrected chi connectivity index (χ0v) is 14.4. The van der Waals surface area contributed by atoms with Gasteiger partial charge in [-0.2, -0.15) is 0 Å². The lowest BCUT2D eigenvalue weighted by Crippen LogP contribution is -2.45. The van der Waals surface area contributed by atoms with Crippen LogP contribution in [0.2, 0.25) is 5.02 Å². The van der Waals surface area contributed by atoms with E-state index in [4.69, 9.17) is 11.6 Å². The number of likely N-dealkylation sites (tertiary alicyclic amines) is 1. The van der Waals surface area contributed by atoms with Crippen LogP contribution in [0.4, 0.5) is 5.95 Å². The summed E-state index contributed by atoms with van der Waals surface area (Å²) in [6, 6.07) is 9.60. The number of halogens is 1. The molecule has 0 unspecified atom stereocenters. The summed E-state index contributed by atoms with van der Waals surface area (Å²) >= 11 is 6.09. The molecule has 3 rings (SSSR count). The Bertz CT molecular complexity index is 686. The second-order valence-corrected chi connectivity index (χ2v) is 6.54. The van der Waals surface area contributed by atoms with Gasteiger partial charge in [0.25, 0.3) is 0 Å². The number of carbonyl (C=O) groups excluding carboxylic acids is 1. The highest BCUT2D eigenvalue weighted by Crippen LogP contribution is 2.30. The molecule has 0 saturated carbocycles. The molecule has 2 aromatic rings. The maximum absolute atomic E-state index is 12.4. The summed E-state index contributed by atoms with van der Waals surface area (Å²) in [6.45, 7) is 3.71. The highest BCUT2D eigenvalue weighted by molar-refractivity contribution is 6.30. The Morgan fingerprint density at radius 3 is 2.62 bits per heavy atom. The van der Waals surface area contributed by atoms with Crippen LogP contribution in [0.5, 0.6) is 0 Å². The van der Waals surface area contributed by atoms with E-state index in [-0.39, 0.29) is 11.9 Å². The molecule has 1 saturated heterocycles. The van der Waals surface area contributed by atoms with E-state index >= 15 is 0 Å². The predicted molar refractivity (Wildman–Crippen MR) is 95.1 cm³/mol. The van der Waals surface area contributed by atoms with Crippen molar-refractivity contribution in [2.45, 2.75) is 31.7 Å². The summed E-state index contributed by atoms with van der Waals surface area (Å²) in [7, 11) is 0. The van der Waals surface area contributed by atoms with Gasteiger partial charge in [0.05, 0.1) is 6.04 Å². The third kappa shape index (κ3) is 4.10. The molecule has 0 aliphatic carbocycles. The van der Waals surface area contributed by atoms with Gasteiger partial charge in [0, 0.05) is 17.4 Å². The highest BCUT2D eigenvalue weighted by atomic mass is 35.5. The highest BCUT2D eigenvalue weighted by Gasteiger charge is 2.27. The van der Waals surface area contributed by atoms with Crippen molar-refractivity contribution >= 4 is 23.5 Å². The minimum Gasteiger partial charge on any atom is -0.293 e.